The van der Waals surface area contributed by atoms with Crippen LogP contribution in [-0.2, 0) is 13.3 Å². The van der Waals surface area contributed by atoms with Crippen LogP contribution in [0.1, 0.15) is 0 Å². The summed E-state index contributed by atoms with van der Waals surface area (Å²) in [5, 5.41) is 5.41. The molecule has 0 aliphatic rings. The van der Waals surface area contributed by atoms with Crippen LogP contribution in [0.15, 0.2) is 0 Å². The van der Waals surface area contributed by atoms with Gasteiger partial charge in [-0.05, 0) is 0 Å². The first-order valence-corrected chi connectivity index (χ1v) is 4.42. The SMILES string of the molecule is CO[Si](N)(OC)OC(N)N. The summed E-state index contributed by atoms with van der Waals surface area (Å²) >= 11 is 0. The lowest BCUT2D eigenvalue weighted by Crippen LogP contribution is -2.59. The molecule has 0 spiro atoms. The van der Waals surface area contributed by atoms with Crippen LogP contribution in [-0.4, -0.2) is 29.5 Å². The molecule has 0 saturated carbocycles. The van der Waals surface area contributed by atoms with Crippen LogP contribution >= 0.6 is 0 Å². The molecule has 0 heterocycles. The largest absolute Gasteiger partial charge is 0.595 e. The topological polar surface area (TPSA) is 106 Å². The Morgan fingerprint density at radius 3 is 1.70 bits per heavy atom. The summed E-state index contributed by atoms with van der Waals surface area (Å²) in [6.45, 7) is 0. The van der Waals surface area contributed by atoms with E-state index in [0.717, 1.165) is 0 Å². The van der Waals surface area contributed by atoms with Gasteiger partial charge in [-0.25, -0.2) is 0 Å². The predicted octanol–water partition coefficient (Wildman–Crippen LogP) is -2.11. The molecule has 0 unspecified atom stereocenters. The van der Waals surface area contributed by atoms with Crippen molar-refractivity contribution in [2.45, 2.75) is 6.35 Å². The van der Waals surface area contributed by atoms with Gasteiger partial charge in [0.05, 0.1) is 0 Å². The molecule has 0 aliphatic carbocycles. The lowest BCUT2D eigenvalue weighted by atomic mass is 11.1. The summed E-state index contributed by atoms with van der Waals surface area (Å²) in [6, 6.07) is 0. The molecule has 0 fully saturated rings. The van der Waals surface area contributed by atoms with Crippen LogP contribution in [0.3, 0.4) is 0 Å². The van der Waals surface area contributed by atoms with E-state index in [1.807, 2.05) is 0 Å². The van der Waals surface area contributed by atoms with Gasteiger partial charge in [0.2, 0.25) is 0 Å². The van der Waals surface area contributed by atoms with Crippen molar-refractivity contribution >= 4 is 8.97 Å². The van der Waals surface area contributed by atoms with Crippen molar-refractivity contribution in [2.24, 2.45) is 16.9 Å². The van der Waals surface area contributed by atoms with E-state index in [9.17, 15) is 0 Å². The molecule has 6 N–H and O–H groups in total. The summed E-state index contributed by atoms with van der Waals surface area (Å²) in [5.41, 5.74) is 10.2. The minimum Gasteiger partial charge on any atom is -0.365 e. The van der Waals surface area contributed by atoms with Crippen LogP contribution in [0.25, 0.3) is 0 Å². The lowest BCUT2D eigenvalue weighted by molar-refractivity contribution is 0.0612. The predicted molar refractivity (Wildman–Crippen MR) is 37.2 cm³/mol. The normalized spacial score (nSPS) is 12.6. The van der Waals surface area contributed by atoms with E-state index in [-0.39, 0.29) is 0 Å². The maximum atomic E-state index is 5.41. The Balaban J connectivity index is 3.80. The van der Waals surface area contributed by atoms with Crippen molar-refractivity contribution < 1.29 is 13.3 Å². The van der Waals surface area contributed by atoms with Gasteiger partial charge in [-0.3, -0.25) is 16.9 Å². The molecule has 0 saturated heterocycles. The van der Waals surface area contributed by atoms with Gasteiger partial charge in [-0.2, -0.15) is 0 Å². The van der Waals surface area contributed by atoms with Crippen molar-refractivity contribution in [3.8, 4) is 0 Å². The number of rotatable bonds is 4. The van der Waals surface area contributed by atoms with Gasteiger partial charge in [0.25, 0.3) is 0 Å². The lowest BCUT2D eigenvalue weighted by Gasteiger charge is -2.22. The highest BCUT2D eigenvalue weighted by Crippen LogP contribution is 1.97. The molecule has 6 nitrogen and oxygen atoms in total. The zero-order valence-corrected chi connectivity index (χ0v) is 7.03. The smallest absolute Gasteiger partial charge is 0.365 e. The van der Waals surface area contributed by atoms with Crippen molar-refractivity contribution in [1.29, 1.82) is 0 Å². The fourth-order valence-electron chi connectivity index (χ4n) is 0.369. The zero-order chi connectivity index (χ0) is 8.20. The van der Waals surface area contributed by atoms with Gasteiger partial charge in [0.1, 0.15) is 0 Å². The van der Waals surface area contributed by atoms with Gasteiger partial charge in [-0.15, -0.1) is 0 Å². The Hall–Kier alpha value is -0.0231. The third-order valence-corrected chi connectivity index (χ3v) is 2.61. The van der Waals surface area contributed by atoms with Crippen molar-refractivity contribution in [2.75, 3.05) is 14.2 Å². The van der Waals surface area contributed by atoms with Crippen molar-refractivity contribution in [3.63, 3.8) is 0 Å². The van der Waals surface area contributed by atoms with E-state index in [2.05, 4.69) is 0 Å². The van der Waals surface area contributed by atoms with Crippen LogP contribution in [0.4, 0.5) is 0 Å². The Kier molecular flexibility index (Phi) is 3.97. The fourth-order valence-corrected chi connectivity index (χ4v) is 1.11. The van der Waals surface area contributed by atoms with Crippen LogP contribution in [0.2, 0.25) is 0 Å². The standard InChI is InChI=1S/C3H13N3O3Si/c1-7-10(6,8-2)9-3(4)5/h3H,4-6H2,1-2H3. The molecule has 7 heteroatoms. The average Bonchev–Trinajstić information content (AvgIpc) is 1.87. The number of nitrogens with two attached hydrogens (primary N) is 3. The number of hydrogen-bond donors (Lipinski definition) is 3. The highest BCUT2D eigenvalue weighted by Gasteiger charge is 2.36. The zero-order valence-electron chi connectivity index (χ0n) is 6.03. The summed E-state index contributed by atoms with van der Waals surface area (Å²) in [4.78, 5) is 0. The highest BCUT2D eigenvalue weighted by atomic mass is 28.4. The van der Waals surface area contributed by atoms with E-state index < -0.39 is 15.3 Å². The molecule has 0 atom stereocenters. The number of hydrogen-bond acceptors (Lipinski definition) is 6. The molecule has 0 aromatic rings. The maximum Gasteiger partial charge on any atom is 0.595 e. The van der Waals surface area contributed by atoms with E-state index in [0.29, 0.717) is 0 Å². The molecule has 62 valence electrons. The Morgan fingerprint density at radius 2 is 1.60 bits per heavy atom. The Bertz CT molecular complexity index is 97.0. The van der Waals surface area contributed by atoms with Crippen molar-refractivity contribution in [1.82, 2.24) is 0 Å². The summed E-state index contributed by atoms with van der Waals surface area (Å²) in [5.74, 6) is 0. The molecule has 10 heavy (non-hydrogen) atoms. The molecule has 0 amide bonds. The van der Waals surface area contributed by atoms with Crippen LogP contribution < -0.4 is 16.9 Å². The Labute approximate surface area is 60.7 Å². The average molecular weight is 167 g/mol. The Morgan fingerprint density at radius 1 is 1.20 bits per heavy atom. The molecule has 0 aromatic carbocycles. The second-order valence-electron chi connectivity index (χ2n) is 1.59. The highest BCUT2D eigenvalue weighted by molar-refractivity contribution is 6.56. The van der Waals surface area contributed by atoms with Gasteiger partial charge < -0.3 is 13.3 Å². The first-order chi connectivity index (χ1) is 4.54. The molecular formula is C3H13N3O3Si. The third kappa shape index (κ3) is 3.22. The van der Waals surface area contributed by atoms with Gasteiger partial charge >= 0.3 is 8.97 Å². The summed E-state index contributed by atoms with van der Waals surface area (Å²) in [6.07, 6.45) is -0.962. The second-order valence-corrected chi connectivity index (χ2v) is 3.85. The third-order valence-electron chi connectivity index (χ3n) is 0.869. The summed E-state index contributed by atoms with van der Waals surface area (Å²) in [7, 11) is -0.264. The first kappa shape index (κ1) is 9.98. The van der Waals surface area contributed by atoms with E-state index >= 15 is 0 Å². The second kappa shape index (κ2) is 3.98. The monoisotopic (exact) mass is 167 g/mol. The van der Waals surface area contributed by atoms with E-state index in [1.165, 1.54) is 14.2 Å². The molecule has 0 aliphatic heterocycles. The molecular weight excluding hydrogens is 154 g/mol. The van der Waals surface area contributed by atoms with Gasteiger partial charge in [-0.1, -0.05) is 0 Å². The van der Waals surface area contributed by atoms with Gasteiger partial charge in [0, 0.05) is 14.2 Å². The summed E-state index contributed by atoms with van der Waals surface area (Å²) < 4.78 is 14.2. The molecule has 0 bridgehead atoms. The van der Waals surface area contributed by atoms with Crippen LogP contribution in [0.5, 0.6) is 0 Å². The maximum absolute atomic E-state index is 5.41. The molecule has 0 rings (SSSR count). The van der Waals surface area contributed by atoms with Crippen LogP contribution in [0, 0.1) is 0 Å². The fraction of sp³-hybridized carbons (Fsp3) is 1.00. The van der Waals surface area contributed by atoms with Gasteiger partial charge in [0.15, 0.2) is 6.35 Å². The minimum absolute atomic E-state index is 0.962. The van der Waals surface area contributed by atoms with Crippen molar-refractivity contribution in [3.05, 3.63) is 0 Å². The minimum atomic E-state index is -3.01. The quantitative estimate of drug-likeness (QED) is 0.327. The first-order valence-electron chi connectivity index (χ1n) is 2.62. The molecule has 0 aromatic heterocycles. The van der Waals surface area contributed by atoms with E-state index in [1.54, 1.807) is 0 Å². The molecule has 0 radical (unpaired) electrons. The van der Waals surface area contributed by atoms with E-state index in [4.69, 9.17) is 30.1 Å².